The molecule has 1 aliphatic heterocycles. The van der Waals surface area contributed by atoms with Crippen molar-refractivity contribution in [3.63, 3.8) is 0 Å². The van der Waals surface area contributed by atoms with Crippen LogP contribution in [0.5, 0.6) is 0 Å². The summed E-state index contributed by atoms with van der Waals surface area (Å²) in [5.74, 6) is -0.168. The van der Waals surface area contributed by atoms with Crippen LogP contribution in [0, 0.1) is 5.82 Å². The third-order valence-electron chi connectivity index (χ3n) is 2.80. The topological polar surface area (TPSA) is 24.1 Å². The minimum atomic E-state index is -0.168. The van der Waals surface area contributed by atoms with Crippen LogP contribution in [0.25, 0.3) is 0 Å². The van der Waals surface area contributed by atoms with Crippen molar-refractivity contribution in [1.29, 1.82) is 0 Å². The summed E-state index contributed by atoms with van der Waals surface area (Å²) in [4.78, 5) is 0. The zero-order valence-corrected chi connectivity index (χ0v) is 11.2. The lowest BCUT2D eigenvalue weighted by Crippen LogP contribution is -2.42. The number of halogens is 3. The highest BCUT2D eigenvalue weighted by atomic mass is 35.5. The molecule has 5 heteroatoms. The van der Waals surface area contributed by atoms with Crippen LogP contribution in [0.15, 0.2) is 24.3 Å². The third kappa shape index (κ3) is 5.68. The van der Waals surface area contributed by atoms with Crippen molar-refractivity contribution in [2.24, 2.45) is 0 Å². The molecule has 1 aromatic carbocycles. The van der Waals surface area contributed by atoms with Crippen LogP contribution in [0.1, 0.15) is 18.4 Å². The Morgan fingerprint density at radius 1 is 1.24 bits per heavy atom. The summed E-state index contributed by atoms with van der Waals surface area (Å²) < 4.78 is 12.7. The first-order chi connectivity index (χ1) is 7.34. The van der Waals surface area contributed by atoms with E-state index in [9.17, 15) is 4.39 Å². The monoisotopic (exact) mass is 280 g/mol. The molecule has 0 spiro atoms. The molecule has 98 valence electrons. The van der Waals surface area contributed by atoms with Gasteiger partial charge in [0.1, 0.15) is 5.82 Å². The molecule has 1 atom stereocenters. The maximum atomic E-state index is 12.7. The van der Waals surface area contributed by atoms with Crippen molar-refractivity contribution in [1.82, 2.24) is 10.6 Å². The van der Waals surface area contributed by atoms with Gasteiger partial charge in [0, 0.05) is 19.1 Å². The van der Waals surface area contributed by atoms with Gasteiger partial charge in [-0.25, -0.2) is 4.39 Å². The number of nitrogens with one attached hydrogen (secondary N) is 2. The molecule has 0 aromatic heterocycles. The van der Waals surface area contributed by atoms with Crippen LogP contribution < -0.4 is 10.6 Å². The number of hydrogen-bond donors (Lipinski definition) is 2. The SMILES string of the molecule is Cl.Cl.Fc1ccc(CN[C@H]2CCCNC2)cc1. The largest absolute Gasteiger partial charge is 0.315 e. The molecule has 2 rings (SSSR count). The zero-order chi connectivity index (χ0) is 10.5. The second-order valence-electron chi connectivity index (χ2n) is 4.05. The number of rotatable bonds is 3. The molecule has 1 aliphatic rings. The molecule has 1 heterocycles. The van der Waals surface area contributed by atoms with E-state index < -0.39 is 0 Å². The van der Waals surface area contributed by atoms with E-state index in [1.165, 1.54) is 25.0 Å². The van der Waals surface area contributed by atoms with E-state index in [4.69, 9.17) is 0 Å². The lowest BCUT2D eigenvalue weighted by atomic mass is 10.1. The standard InChI is InChI=1S/C12H17FN2.2ClH/c13-11-5-3-10(4-6-11)8-15-12-2-1-7-14-9-12;;/h3-6,12,14-15H,1-2,7-9H2;2*1H/t12-;;/m0../s1. The fraction of sp³-hybridized carbons (Fsp3) is 0.500. The summed E-state index contributed by atoms with van der Waals surface area (Å²) in [6.45, 7) is 3.00. The quantitative estimate of drug-likeness (QED) is 0.889. The zero-order valence-electron chi connectivity index (χ0n) is 9.62. The van der Waals surface area contributed by atoms with E-state index in [0.29, 0.717) is 6.04 Å². The van der Waals surface area contributed by atoms with Crippen LogP contribution in [0.4, 0.5) is 4.39 Å². The average molecular weight is 281 g/mol. The summed E-state index contributed by atoms with van der Waals surface area (Å²) in [5, 5.41) is 6.83. The van der Waals surface area contributed by atoms with Gasteiger partial charge in [-0.1, -0.05) is 12.1 Å². The highest BCUT2D eigenvalue weighted by Crippen LogP contribution is 2.05. The number of piperidine rings is 1. The summed E-state index contributed by atoms with van der Waals surface area (Å²) in [6, 6.07) is 7.24. The Kier molecular flexibility index (Phi) is 8.52. The van der Waals surface area contributed by atoms with Gasteiger partial charge in [-0.15, -0.1) is 24.8 Å². The number of benzene rings is 1. The molecule has 0 amide bonds. The van der Waals surface area contributed by atoms with Gasteiger partial charge in [0.15, 0.2) is 0 Å². The van der Waals surface area contributed by atoms with Gasteiger partial charge >= 0.3 is 0 Å². The van der Waals surface area contributed by atoms with Gasteiger partial charge in [-0.2, -0.15) is 0 Å². The first-order valence-electron chi connectivity index (χ1n) is 5.53. The summed E-state index contributed by atoms with van der Waals surface area (Å²) in [5.41, 5.74) is 1.14. The molecule has 2 N–H and O–H groups in total. The fourth-order valence-corrected chi connectivity index (χ4v) is 1.89. The van der Waals surface area contributed by atoms with E-state index in [-0.39, 0.29) is 30.6 Å². The normalized spacial score (nSPS) is 19.0. The van der Waals surface area contributed by atoms with Gasteiger partial charge in [0.05, 0.1) is 0 Å². The van der Waals surface area contributed by atoms with Crippen molar-refractivity contribution in [3.05, 3.63) is 35.6 Å². The molecular formula is C12H19Cl2FN2. The maximum absolute atomic E-state index is 12.7. The first kappa shape index (κ1) is 16.6. The summed E-state index contributed by atoms with van der Waals surface area (Å²) in [7, 11) is 0. The van der Waals surface area contributed by atoms with Gasteiger partial charge in [-0.05, 0) is 37.1 Å². The molecule has 0 radical (unpaired) electrons. The van der Waals surface area contributed by atoms with Crippen LogP contribution in [-0.4, -0.2) is 19.1 Å². The Labute approximate surface area is 114 Å². The van der Waals surface area contributed by atoms with Crippen molar-refractivity contribution in [2.45, 2.75) is 25.4 Å². The second-order valence-corrected chi connectivity index (χ2v) is 4.05. The molecular weight excluding hydrogens is 262 g/mol. The minimum Gasteiger partial charge on any atom is -0.315 e. The molecule has 17 heavy (non-hydrogen) atoms. The Morgan fingerprint density at radius 2 is 1.94 bits per heavy atom. The van der Waals surface area contributed by atoms with E-state index in [2.05, 4.69) is 10.6 Å². The predicted molar refractivity (Wildman–Crippen MR) is 73.6 cm³/mol. The molecule has 1 aromatic rings. The van der Waals surface area contributed by atoms with E-state index in [1.54, 1.807) is 0 Å². The van der Waals surface area contributed by atoms with Crippen LogP contribution >= 0.6 is 24.8 Å². The van der Waals surface area contributed by atoms with Gasteiger partial charge in [0.25, 0.3) is 0 Å². The average Bonchev–Trinajstić information content (AvgIpc) is 2.30. The molecule has 1 fully saturated rings. The van der Waals surface area contributed by atoms with Crippen LogP contribution in [0.3, 0.4) is 0 Å². The Morgan fingerprint density at radius 3 is 2.53 bits per heavy atom. The molecule has 0 bridgehead atoms. The Balaban J connectivity index is 0.00000128. The van der Waals surface area contributed by atoms with E-state index >= 15 is 0 Å². The number of hydrogen-bond acceptors (Lipinski definition) is 2. The van der Waals surface area contributed by atoms with Gasteiger partial charge in [-0.3, -0.25) is 0 Å². The molecule has 1 saturated heterocycles. The van der Waals surface area contributed by atoms with Gasteiger partial charge < -0.3 is 10.6 Å². The van der Waals surface area contributed by atoms with Gasteiger partial charge in [0.2, 0.25) is 0 Å². The molecule has 2 nitrogen and oxygen atoms in total. The van der Waals surface area contributed by atoms with E-state index in [0.717, 1.165) is 25.2 Å². The lowest BCUT2D eigenvalue weighted by Gasteiger charge is -2.23. The lowest BCUT2D eigenvalue weighted by molar-refractivity contribution is 0.389. The van der Waals surface area contributed by atoms with Crippen molar-refractivity contribution in [3.8, 4) is 0 Å². The third-order valence-corrected chi connectivity index (χ3v) is 2.80. The predicted octanol–water partition coefficient (Wildman–Crippen LogP) is 2.51. The maximum Gasteiger partial charge on any atom is 0.123 e. The Hall–Kier alpha value is -0.350. The fourth-order valence-electron chi connectivity index (χ4n) is 1.89. The highest BCUT2D eigenvalue weighted by Gasteiger charge is 2.11. The van der Waals surface area contributed by atoms with Crippen LogP contribution in [-0.2, 0) is 6.54 Å². The minimum absolute atomic E-state index is 0. The molecule has 0 saturated carbocycles. The molecule has 0 unspecified atom stereocenters. The Bertz CT molecular complexity index is 300. The van der Waals surface area contributed by atoms with E-state index in [1.807, 2.05) is 12.1 Å². The summed E-state index contributed by atoms with van der Waals surface area (Å²) in [6.07, 6.45) is 2.47. The van der Waals surface area contributed by atoms with Crippen molar-refractivity contribution < 1.29 is 4.39 Å². The smallest absolute Gasteiger partial charge is 0.123 e. The van der Waals surface area contributed by atoms with Crippen molar-refractivity contribution >= 4 is 24.8 Å². The van der Waals surface area contributed by atoms with Crippen molar-refractivity contribution in [2.75, 3.05) is 13.1 Å². The first-order valence-corrected chi connectivity index (χ1v) is 5.53. The second kappa shape index (κ2) is 8.70. The molecule has 0 aliphatic carbocycles. The highest BCUT2D eigenvalue weighted by molar-refractivity contribution is 5.85. The summed E-state index contributed by atoms with van der Waals surface area (Å²) >= 11 is 0. The van der Waals surface area contributed by atoms with Crippen LogP contribution in [0.2, 0.25) is 0 Å².